The quantitative estimate of drug-likeness (QED) is 0.338. The van der Waals surface area contributed by atoms with Crippen molar-refractivity contribution in [3.05, 3.63) is 35.9 Å². The molecule has 0 bridgehead atoms. The SMILES string of the molecule is CCC(=O)CCCCC[C@@H]1NC(=O)CC[C@H](C)CNC(=O)[C@H](Cc2ccccc2)NC(=O)[C@](C)(CC)NC1=O. The van der Waals surface area contributed by atoms with E-state index in [1.54, 1.807) is 13.8 Å². The average molecular weight is 543 g/mol. The maximum atomic E-state index is 13.5. The lowest BCUT2D eigenvalue weighted by Crippen LogP contribution is -2.63. The number of amides is 4. The number of hydrogen-bond acceptors (Lipinski definition) is 5. The van der Waals surface area contributed by atoms with Gasteiger partial charge in [0.05, 0.1) is 0 Å². The molecule has 1 aliphatic rings. The third-order valence-electron chi connectivity index (χ3n) is 7.50. The minimum absolute atomic E-state index is 0.0298. The van der Waals surface area contributed by atoms with Crippen molar-refractivity contribution in [2.45, 2.75) is 110 Å². The fraction of sp³-hybridized carbons (Fsp3) is 0.633. The van der Waals surface area contributed by atoms with E-state index >= 15 is 0 Å². The van der Waals surface area contributed by atoms with Gasteiger partial charge in [0.2, 0.25) is 23.6 Å². The zero-order chi connectivity index (χ0) is 28.8. The van der Waals surface area contributed by atoms with Gasteiger partial charge < -0.3 is 21.3 Å². The summed E-state index contributed by atoms with van der Waals surface area (Å²) in [4.78, 5) is 64.4. The number of unbranched alkanes of at least 4 members (excludes halogenated alkanes) is 2. The number of benzene rings is 1. The molecule has 1 aromatic rings. The highest BCUT2D eigenvalue weighted by atomic mass is 16.2. The Morgan fingerprint density at radius 2 is 1.67 bits per heavy atom. The van der Waals surface area contributed by atoms with E-state index < -0.39 is 29.4 Å². The van der Waals surface area contributed by atoms with Gasteiger partial charge in [0, 0.05) is 32.2 Å². The standard InChI is InChI=1S/C30H46N4O5/c1-5-23(35)15-11-8-12-16-24-28(38)34-30(4,6-2)29(39)33-25(19-22-13-9-7-10-14-22)27(37)31-20-21(3)17-18-26(36)32-24/h7,9-10,13-14,21,24-25H,5-6,8,11-12,15-20H2,1-4H3,(H,31,37)(H,32,36)(H,33,39)(H,34,38)/t21-,24-,25-,30-/m0/s1. The normalized spacial score (nSPS) is 25.4. The van der Waals surface area contributed by atoms with Crippen LogP contribution >= 0.6 is 0 Å². The van der Waals surface area contributed by atoms with Gasteiger partial charge in [0.15, 0.2) is 0 Å². The average Bonchev–Trinajstić information content (AvgIpc) is 2.93. The number of carbonyl (C=O) groups is 5. The van der Waals surface area contributed by atoms with Crippen LogP contribution in [0.3, 0.4) is 0 Å². The molecule has 0 spiro atoms. The molecule has 2 rings (SSSR count). The van der Waals surface area contributed by atoms with E-state index in [1.807, 2.05) is 44.2 Å². The smallest absolute Gasteiger partial charge is 0.246 e. The molecule has 9 heteroatoms. The van der Waals surface area contributed by atoms with E-state index in [0.717, 1.165) is 18.4 Å². The fourth-order valence-electron chi connectivity index (χ4n) is 4.48. The number of rotatable bonds is 10. The van der Waals surface area contributed by atoms with Crippen molar-refractivity contribution in [2.75, 3.05) is 6.54 Å². The summed E-state index contributed by atoms with van der Waals surface area (Å²) in [7, 11) is 0. The van der Waals surface area contributed by atoms with Gasteiger partial charge in [0.25, 0.3) is 0 Å². The molecule has 1 saturated heterocycles. The summed E-state index contributed by atoms with van der Waals surface area (Å²) in [6.45, 7) is 7.59. The van der Waals surface area contributed by atoms with E-state index in [2.05, 4.69) is 21.3 Å². The van der Waals surface area contributed by atoms with E-state index in [-0.39, 0.29) is 29.9 Å². The Hall–Kier alpha value is -3.23. The van der Waals surface area contributed by atoms with Gasteiger partial charge in [-0.15, -0.1) is 0 Å². The molecule has 1 aromatic carbocycles. The number of hydrogen-bond donors (Lipinski definition) is 4. The highest BCUT2D eigenvalue weighted by Gasteiger charge is 2.37. The topological polar surface area (TPSA) is 133 Å². The summed E-state index contributed by atoms with van der Waals surface area (Å²) >= 11 is 0. The molecule has 216 valence electrons. The summed E-state index contributed by atoms with van der Waals surface area (Å²) in [6.07, 6.45) is 4.99. The Morgan fingerprint density at radius 1 is 0.949 bits per heavy atom. The van der Waals surface area contributed by atoms with Crippen molar-refractivity contribution < 1.29 is 24.0 Å². The molecule has 4 N–H and O–H groups in total. The van der Waals surface area contributed by atoms with E-state index in [1.165, 1.54) is 0 Å². The molecule has 1 fully saturated rings. The van der Waals surface area contributed by atoms with E-state index in [4.69, 9.17) is 0 Å². The monoisotopic (exact) mass is 542 g/mol. The van der Waals surface area contributed by atoms with Crippen molar-refractivity contribution in [3.8, 4) is 0 Å². The third-order valence-corrected chi connectivity index (χ3v) is 7.50. The van der Waals surface area contributed by atoms with Gasteiger partial charge in [-0.05, 0) is 44.1 Å². The molecule has 0 aliphatic carbocycles. The van der Waals surface area contributed by atoms with Crippen LogP contribution in [0.15, 0.2) is 30.3 Å². The highest BCUT2D eigenvalue weighted by molar-refractivity contribution is 5.96. The number of ketones is 1. The van der Waals surface area contributed by atoms with Gasteiger partial charge in [-0.2, -0.15) is 0 Å². The molecule has 0 aromatic heterocycles. The molecular formula is C30H46N4O5. The number of nitrogens with one attached hydrogen (secondary N) is 4. The van der Waals surface area contributed by atoms with Crippen LogP contribution in [0.5, 0.6) is 0 Å². The van der Waals surface area contributed by atoms with Crippen LogP contribution in [0.1, 0.15) is 91.0 Å². The molecule has 4 amide bonds. The van der Waals surface area contributed by atoms with Crippen LogP contribution in [-0.4, -0.2) is 53.6 Å². The van der Waals surface area contributed by atoms with Crippen molar-refractivity contribution in [1.29, 1.82) is 0 Å². The zero-order valence-corrected chi connectivity index (χ0v) is 23.9. The maximum Gasteiger partial charge on any atom is 0.246 e. The molecule has 9 nitrogen and oxygen atoms in total. The van der Waals surface area contributed by atoms with Crippen LogP contribution < -0.4 is 21.3 Å². The van der Waals surface area contributed by atoms with Crippen LogP contribution in [0, 0.1) is 5.92 Å². The maximum absolute atomic E-state index is 13.5. The molecule has 0 saturated carbocycles. The van der Waals surface area contributed by atoms with Gasteiger partial charge >= 0.3 is 0 Å². The second-order valence-electron chi connectivity index (χ2n) is 10.9. The minimum Gasteiger partial charge on any atom is -0.354 e. The minimum atomic E-state index is -1.28. The van der Waals surface area contributed by atoms with Crippen LogP contribution in [-0.2, 0) is 30.4 Å². The van der Waals surface area contributed by atoms with Crippen molar-refractivity contribution >= 4 is 29.4 Å². The fourth-order valence-corrected chi connectivity index (χ4v) is 4.48. The van der Waals surface area contributed by atoms with Crippen LogP contribution in [0.4, 0.5) is 0 Å². The van der Waals surface area contributed by atoms with Gasteiger partial charge in [-0.25, -0.2) is 0 Å². The summed E-state index contributed by atoms with van der Waals surface area (Å²) < 4.78 is 0. The van der Waals surface area contributed by atoms with Gasteiger partial charge in [0.1, 0.15) is 23.4 Å². The van der Waals surface area contributed by atoms with Crippen LogP contribution in [0.2, 0.25) is 0 Å². The predicted molar refractivity (Wildman–Crippen MR) is 151 cm³/mol. The largest absolute Gasteiger partial charge is 0.354 e. The van der Waals surface area contributed by atoms with Gasteiger partial charge in [-0.3, -0.25) is 24.0 Å². The first-order valence-corrected chi connectivity index (χ1v) is 14.3. The second kappa shape index (κ2) is 16.0. The molecule has 0 unspecified atom stereocenters. The lowest BCUT2D eigenvalue weighted by Gasteiger charge is -2.32. The first-order valence-electron chi connectivity index (χ1n) is 14.3. The Morgan fingerprint density at radius 3 is 2.33 bits per heavy atom. The number of Topliss-reactive ketones (excluding diaryl/α,β-unsaturated/α-hetero) is 1. The molecule has 39 heavy (non-hydrogen) atoms. The van der Waals surface area contributed by atoms with Crippen molar-refractivity contribution in [3.63, 3.8) is 0 Å². The lowest BCUT2D eigenvalue weighted by molar-refractivity contribution is -0.137. The summed E-state index contributed by atoms with van der Waals surface area (Å²) in [6, 6.07) is 7.84. The zero-order valence-electron chi connectivity index (χ0n) is 23.9. The Balaban J connectivity index is 2.23. The summed E-state index contributed by atoms with van der Waals surface area (Å²) in [5.74, 6) is -1.19. The summed E-state index contributed by atoms with van der Waals surface area (Å²) in [5.41, 5.74) is -0.377. The third kappa shape index (κ3) is 10.8. The molecular weight excluding hydrogens is 496 g/mol. The first kappa shape index (κ1) is 32.0. The molecule has 0 radical (unpaired) electrons. The van der Waals surface area contributed by atoms with Crippen LogP contribution in [0.25, 0.3) is 0 Å². The number of carbonyl (C=O) groups excluding carboxylic acids is 5. The first-order chi connectivity index (χ1) is 18.6. The highest BCUT2D eigenvalue weighted by Crippen LogP contribution is 2.15. The molecule has 1 heterocycles. The Kier molecular flexibility index (Phi) is 13.1. The van der Waals surface area contributed by atoms with Crippen molar-refractivity contribution in [1.82, 2.24) is 21.3 Å². The molecule has 1 aliphatic heterocycles. The van der Waals surface area contributed by atoms with Gasteiger partial charge in [-0.1, -0.05) is 63.9 Å². The Bertz CT molecular complexity index is 983. The second-order valence-corrected chi connectivity index (χ2v) is 10.9. The molecule has 4 atom stereocenters. The van der Waals surface area contributed by atoms with Crippen molar-refractivity contribution in [2.24, 2.45) is 5.92 Å². The Labute approximate surface area is 232 Å². The van der Waals surface area contributed by atoms with E-state index in [0.29, 0.717) is 51.5 Å². The predicted octanol–water partition coefficient (Wildman–Crippen LogP) is 2.96. The lowest BCUT2D eigenvalue weighted by atomic mass is 9.94. The summed E-state index contributed by atoms with van der Waals surface area (Å²) in [5, 5.41) is 11.5. The van der Waals surface area contributed by atoms with E-state index in [9.17, 15) is 24.0 Å².